The number of anilines is 1. The molecule has 0 atom stereocenters. The zero-order valence-corrected chi connectivity index (χ0v) is 21.5. The van der Waals surface area contributed by atoms with Gasteiger partial charge in [-0.25, -0.2) is 13.6 Å². The van der Waals surface area contributed by atoms with E-state index < -0.39 is 23.6 Å². The van der Waals surface area contributed by atoms with Gasteiger partial charge in [0, 0.05) is 13.1 Å². The first-order chi connectivity index (χ1) is 18.9. The third-order valence-electron chi connectivity index (χ3n) is 6.26. The predicted molar refractivity (Wildman–Crippen MR) is 145 cm³/mol. The molecule has 3 aromatic carbocycles. The number of hydrogen-bond donors (Lipinski definition) is 1. The quantitative estimate of drug-likeness (QED) is 0.274. The minimum atomic E-state index is -0.617. The maximum Gasteiger partial charge on any atom is 0.322 e. The third-order valence-corrected chi connectivity index (χ3v) is 6.26. The summed E-state index contributed by atoms with van der Waals surface area (Å²) in [6.07, 6.45) is 2.73. The van der Waals surface area contributed by atoms with Gasteiger partial charge >= 0.3 is 6.03 Å². The summed E-state index contributed by atoms with van der Waals surface area (Å²) in [5.74, 6) is -1.44. The van der Waals surface area contributed by atoms with Crippen LogP contribution < -0.4 is 10.7 Å². The third kappa shape index (κ3) is 7.07. The Kier molecular flexibility index (Phi) is 9.04. The van der Waals surface area contributed by atoms with Gasteiger partial charge in [-0.15, -0.1) is 0 Å². The summed E-state index contributed by atoms with van der Waals surface area (Å²) in [6.45, 7) is 1.90. The van der Waals surface area contributed by atoms with Crippen molar-refractivity contribution in [3.8, 4) is 0 Å². The molecule has 1 N–H and O–H groups in total. The highest BCUT2D eigenvalue weighted by Gasteiger charge is 2.23. The molecule has 0 spiro atoms. The van der Waals surface area contributed by atoms with Gasteiger partial charge in [0.2, 0.25) is 5.91 Å². The summed E-state index contributed by atoms with van der Waals surface area (Å²) in [6, 6.07) is 17.7. The number of fused-ring (bicyclic) bond motifs is 1. The van der Waals surface area contributed by atoms with Crippen molar-refractivity contribution in [3.05, 3.63) is 112 Å². The van der Waals surface area contributed by atoms with Gasteiger partial charge in [0.05, 0.1) is 29.4 Å². The Labute approximate surface area is 224 Å². The fraction of sp³-hybridized carbons (Fsp3) is 0.233. The number of unbranched alkanes of at least 4 members (excludes halogenated alkanes) is 1. The SMILES string of the molecule is CCCCN(CC(=O)N(Cc1ccc(F)cc1)Cc1coc2ccccc2c1=O)C(=O)Nc1ccccc1F. The lowest BCUT2D eigenvalue weighted by Gasteiger charge is -2.28. The number of halogens is 2. The van der Waals surface area contributed by atoms with Crippen LogP contribution in [0.5, 0.6) is 0 Å². The van der Waals surface area contributed by atoms with Crippen LogP contribution in [0, 0.1) is 11.6 Å². The molecule has 0 radical (unpaired) electrons. The van der Waals surface area contributed by atoms with Gasteiger partial charge in [-0.3, -0.25) is 9.59 Å². The number of rotatable bonds is 10. The molecule has 202 valence electrons. The molecular formula is C30H29F2N3O4. The molecule has 39 heavy (non-hydrogen) atoms. The van der Waals surface area contributed by atoms with E-state index in [-0.39, 0.29) is 42.9 Å². The number of urea groups is 1. The van der Waals surface area contributed by atoms with Gasteiger partial charge in [-0.05, 0) is 48.4 Å². The molecule has 0 aliphatic rings. The van der Waals surface area contributed by atoms with E-state index in [0.717, 1.165) is 6.42 Å². The van der Waals surface area contributed by atoms with Crippen molar-refractivity contribution in [2.24, 2.45) is 0 Å². The van der Waals surface area contributed by atoms with Crippen molar-refractivity contribution in [1.29, 1.82) is 0 Å². The second-order valence-corrected chi connectivity index (χ2v) is 9.15. The molecule has 0 fully saturated rings. The average Bonchev–Trinajstić information content (AvgIpc) is 2.94. The number of hydrogen-bond acceptors (Lipinski definition) is 4. The highest BCUT2D eigenvalue weighted by Crippen LogP contribution is 2.16. The minimum absolute atomic E-state index is 0.00777. The summed E-state index contributed by atoms with van der Waals surface area (Å²) in [5, 5.41) is 2.92. The first kappa shape index (κ1) is 27.5. The van der Waals surface area contributed by atoms with E-state index in [9.17, 15) is 23.2 Å². The number of carbonyl (C=O) groups is 2. The molecule has 0 unspecified atom stereocenters. The van der Waals surface area contributed by atoms with Crippen LogP contribution in [0.1, 0.15) is 30.9 Å². The van der Waals surface area contributed by atoms with Crippen molar-refractivity contribution in [2.45, 2.75) is 32.9 Å². The van der Waals surface area contributed by atoms with E-state index in [1.165, 1.54) is 46.4 Å². The fourth-order valence-electron chi connectivity index (χ4n) is 4.10. The minimum Gasteiger partial charge on any atom is -0.464 e. The molecule has 4 rings (SSSR count). The monoisotopic (exact) mass is 533 g/mol. The van der Waals surface area contributed by atoms with Crippen molar-refractivity contribution >= 4 is 28.6 Å². The standard InChI is InChI=1S/C30H29F2N3O4/c1-2-3-16-34(30(38)33-26-10-6-5-9-25(26)32)19-28(36)35(17-21-12-14-23(31)15-13-21)18-22-20-39-27-11-7-4-8-24(27)29(22)37/h4-15,20H,2-3,16-19H2,1H3,(H,33,38). The van der Waals surface area contributed by atoms with Crippen LogP contribution in [0.4, 0.5) is 19.3 Å². The van der Waals surface area contributed by atoms with Gasteiger partial charge < -0.3 is 19.5 Å². The normalized spacial score (nSPS) is 10.8. The Hall–Kier alpha value is -4.53. The van der Waals surface area contributed by atoms with Crippen molar-refractivity contribution in [3.63, 3.8) is 0 Å². The van der Waals surface area contributed by atoms with E-state index in [1.807, 2.05) is 6.92 Å². The Balaban J connectivity index is 1.60. The Morgan fingerprint density at radius 2 is 1.62 bits per heavy atom. The van der Waals surface area contributed by atoms with E-state index >= 15 is 0 Å². The summed E-state index contributed by atoms with van der Waals surface area (Å²) < 4.78 is 33.3. The van der Waals surface area contributed by atoms with E-state index in [0.29, 0.717) is 23.0 Å². The van der Waals surface area contributed by atoms with Crippen molar-refractivity contribution < 1.29 is 22.8 Å². The molecular weight excluding hydrogens is 504 g/mol. The first-order valence-electron chi connectivity index (χ1n) is 12.7. The fourth-order valence-corrected chi connectivity index (χ4v) is 4.10. The molecule has 7 nitrogen and oxygen atoms in total. The maximum absolute atomic E-state index is 14.1. The van der Waals surface area contributed by atoms with Crippen LogP contribution in [0.2, 0.25) is 0 Å². The molecule has 0 aliphatic heterocycles. The molecule has 0 aliphatic carbocycles. The number of benzene rings is 3. The van der Waals surface area contributed by atoms with Crippen LogP contribution in [0.3, 0.4) is 0 Å². The zero-order chi connectivity index (χ0) is 27.8. The Morgan fingerprint density at radius 3 is 2.36 bits per heavy atom. The lowest BCUT2D eigenvalue weighted by molar-refractivity contribution is -0.133. The lowest BCUT2D eigenvalue weighted by atomic mass is 10.1. The lowest BCUT2D eigenvalue weighted by Crippen LogP contribution is -2.45. The predicted octanol–water partition coefficient (Wildman–Crippen LogP) is 5.93. The molecule has 0 bridgehead atoms. The molecule has 3 amide bonds. The highest BCUT2D eigenvalue weighted by atomic mass is 19.1. The van der Waals surface area contributed by atoms with E-state index in [1.54, 1.807) is 42.5 Å². The molecule has 4 aromatic rings. The summed E-state index contributed by atoms with van der Waals surface area (Å²) in [5.41, 5.74) is 1.08. The van der Waals surface area contributed by atoms with Crippen LogP contribution in [0.25, 0.3) is 11.0 Å². The topological polar surface area (TPSA) is 82.9 Å². The van der Waals surface area contributed by atoms with Gasteiger partial charge in [0.1, 0.15) is 23.8 Å². The molecule has 0 saturated carbocycles. The number of carbonyl (C=O) groups excluding carboxylic acids is 2. The second-order valence-electron chi connectivity index (χ2n) is 9.15. The summed E-state index contributed by atoms with van der Waals surface area (Å²) >= 11 is 0. The number of amides is 3. The van der Waals surface area contributed by atoms with Gasteiger partial charge in [0.15, 0.2) is 5.43 Å². The highest BCUT2D eigenvalue weighted by molar-refractivity contribution is 5.92. The summed E-state index contributed by atoms with van der Waals surface area (Å²) in [4.78, 5) is 42.5. The molecule has 1 aromatic heterocycles. The van der Waals surface area contributed by atoms with Gasteiger partial charge in [-0.2, -0.15) is 0 Å². The first-order valence-corrected chi connectivity index (χ1v) is 12.7. The Morgan fingerprint density at radius 1 is 0.897 bits per heavy atom. The summed E-state index contributed by atoms with van der Waals surface area (Å²) in [7, 11) is 0. The number of nitrogens with zero attached hydrogens (tertiary/aromatic N) is 2. The van der Waals surface area contributed by atoms with Gasteiger partial charge in [-0.1, -0.05) is 49.7 Å². The molecule has 9 heteroatoms. The smallest absolute Gasteiger partial charge is 0.322 e. The second kappa shape index (κ2) is 12.8. The zero-order valence-electron chi connectivity index (χ0n) is 21.5. The van der Waals surface area contributed by atoms with Crippen LogP contribution in [-0.2, 0) is 17.9 Å². The molecule has 0 saturated heterocycles. The van der Waals surface area contributed by atoms with Crippen molar-refractivity contribution in [1.82, 2.24) is 9.80 Å². The van der Waals surface area contributed by atoms with Crippen LogP contribution in [-0.4, -0.2) is 34.8 Å². The number of para-hydroxylation sites is 2. The van der Waals surface area contributed by atoms with Crippen LogP contribution in [0.15, 0.2) is 88.3 Å². The van der Waals surface area contributed by atoms with Crippen molar-refractivity contribution in [2.75, 3.05) is 18.4 Å². The largest absolute Gasteiger partial charge is 0.464 e. The average molecular weight is 534 g/mol. The van der Waals surface area contributed by atoms with E-state index in [4.69, 9.17) is 4.42 Å². The Bertz CT molecular complexity index is 1500. The number of nitrogens with one attached hydrogen (secondary N) is 1. The molecule has 1 heterocycles. The van der Waals surface area contributed by atoms with E-state index in [2.05, 4.69) is 5.32 Å². The maximum atomic E-state index is 14.1. The van der Waals surface area contributed by atoms with Crippen LogP contribution >= 0.6 is 0 Å². The van der Waals surface area contributed by atoms with Gasteiger partial charge in [0.25, 0.3) is 0 Å².